The van der Waals surface area contributed by atoms with Crippen LogP contribution in [0.3, 0.4) is 0 Å². The molecule has 0 N–H and O–H groups in total. The Hall–Kier alpha value is -1.41. The zero-order valence-electron chi connectivity index (χ0n) is 7.68. The van der Waals surface area contributed by atoms with E-state index in [-0.39, 0.29) is 0 Å². The molecule has 0 fully saturated rings. The van der Waals surface area contributed by atoms with Crippen molar-refractivity contribution in [3.05, 3.63) is 54.4 Å². The molecule has 0 saturated heterocycles. The van der Waals surface area contributed by atoms with Gasteiger partial charge < -0.3 is 0 Å². The molecule has 0 saturated carbocycles. The molecule has 14 heavy (non-hydrogen) atoms. The van der Waals surface area contributed by atoms with Crippen LogP contribution in [0.1, 0.15) is 5.56 Å². The first-order valence-corrected chi connectivity index (χ1v) is 5.24. The quantitative estimate of drug-likeness (QED) is 0.721. The molecule has 0 spiro atoms. The molecule has 0 aliphatic heterocycles. The molecule has 0 aliphatic carbocycles. The number of thiazole rings is 1. The third-order valence-corrected chi connectivity index (χ3v) is 2.72. The predicted molar refractivity (Wildman–Crippen MR) is 61.9 cm³/mol. The number of allylic oxidation sites excluding steroid dienone is 1. The average molecular weight is 200 g/mol. The van der Waals surface area contributed by atoms with Gasteiger partial charge in [-0.3, -0.25) is 0 Å². The van der Waals surface area contributed by atoms with E-state index in [9.17, 15) is 0 Å². The molecule has 2 aromatic rings. The second-order valence-electron chi connectivity index (χ2n) is 2.86. The summed E-state index contributed by atoms with van der Waals surface area (Å²) in [7, 11) is 0. The van der Waals surface area contributed by atoms with Gasteiger partial charge in [0.15, 0.2) is 0 Å². The van der Waals surface area contributed by atoms with Crippen LogP contribution in [0.25, 0.3) is 16.6 Å². The Morgan fingerprint density at radius 2 is 2.00 bits per heavy atom. The Labute approximate surface area is 87.8 Å². The molecule has 1 nitrogen and oxygen atoms in total. The first-order chi connectivity index (χ1) is 6.90. The van der Waals surface area contributed by atoms with Crippen molar-refractivity contribution in [2.24, 2.45) is 0 Å². The Morgan fingerprint density at radius 1 is 1.21 bits per heavy atom. The monoisotopic (exact) mass is 200 g/mol. The van der Waals surface area contributed by atoms with Gasteiger partial charge in [0.25, 0.3) is 0 Å². The molecule has 0 bridgehead atoms. The summed E-state index contributed by atoms with van der Waals surface area (Å²) in [5, 5.41) is 3.05. The van der Waals surface area contributed by atoms with E-state index in [2.05, 4.69) is 36.2 Å². The van der Waals surface area contributed by atoms with Crippen LogP contribution in [-0.4, -0.2) is 4.98 Å². The van der Waals surface area contributed by atoms with Crippen LogP contribution in [0.15, 0.2) is 41.9 Å². The molecule has 1 radical (unpaired) electrons. The van der Waals surface area contributed by atoms with Gasteiger partial charge in [-0.1, -0.05) is 36.4 Å². The summed E-state index contributed by atoms with van der Waals surface area (Å²) in [5.74, 6) is 0. The van der Waals surface area contributed by atoms with Gasteiger partial charge >= 0.3 is 0 Å². The fourth-order valence-corrected chi connectivity index (χ4v) is 1.88. The molecule has 0 unspecified atom stereocenters. The Bertz CT molecular complexity index is 412. The minimum absolute atomic E-state index is 1.06. The Kier molecular flexibility index (Phi) is 2.75. The summed E-state index contributed by atoms with van der Waals surface area (Å²) in [4.78, 5) is 4.25. The smallest absolute Gasteiger partial charge is 0.123 e. The summed E-state index contributed by atoms with van der Waals surface area (Å²) in [5.41, 5.74) is 2.33. The maximum Gasteiger partial charge on any atom is 0.123 e. The van der Waals surface area contributed by atoms with Crippen LogP contribution in [0, 0.1) is 6.92 Å². The molecule has 1 heterocycles. The molecule has 2 rings (SSSR count). The molecular formula is C12H10NS. The maximum atomic E-state index is 4.25. The van der Waals surface area contributed by atoms with Crippen LogP contribution < -0.4 is 0 Å². The van der Waals surface area contributed by atoms with Crippen molar-refractivity contribution >= 4 is 17.4 Å². The average Bonchev–Trinajstić information content (AvgIpc) is 2.72. The summed E-state index contributed by atoms with van der Waals surface area (Å²) in [6.07, 6.45) is 5.59. The molecule has 69 valence electrons. The second kappa shape index (κ2) is 4.20. The summed E-state index contributed by atoms with van der Waals surface area (Å²) < 4.78 is 0. The van der Waals surface area contributed by atoms with Crippen molar-refractivity contribution < 1.29 is 0 Å². The van der Waals surface area contributed by atoms with Crippen LogP contribution >= 0.6 is 11.3 Å². The molecule has 1 aromatic heterocycles. The largest absolute Gasteiger partial charge is 0.245 e. The highest BCUT2D eigenvalue weighted by Crippen LogP contribution is 2.21. The van der Waals surface area contributed by atoms with E-state index in [1.165, 1.54) is 11.1 Å². The lowest BCUT2D eigenvalue weighted by Gasteiger charge is -1.96. The van der Waals surface area contributed by atoms with Crippen LogP contribution in [0.2, 0.25) is 0 Å². The molecule has 0 aliphatic rings. The van der Waals surface area contributed by atoms with Crippen molar-refractivity contribution in [2.45, 2.75) is 0 Å². The van der Waals surface area contributed by atoms with Gasteiger partial charge in [-0.2, -0.15) is 0 Å². The zero-order valence-corrected chi connectivity index (χ0v) is 8.50. The van der Waals surface area contributed by atoms with E-state index >= 15 is 0 Å². The lowest BCUT2D eigenvalue weighted by atomic mass is 10.1. The Morgan fingerprint density at radius 3 is 2.57 bits per heavy atom. The fourth-order valence-electron chi connectivity index (χ4n) is 1.24. The first-order valence-electron chi connectivity index (χ1n) is 4.36. The lowest BCUT2D eigenvalue weighted by Crippen LogP contribution is -1.76. The molecule has 0 amide bonds. The van der Waals surface area contributed by atoms with Crippen molar-refractivity contribution in [3.8, 4) is 10.6 Å². The van der Waals surface area contributed by atoms with Crippen LogP contribution in [0.4, 0.5) is 0 Å². The van der Waals surface area contributed by atoms with Crippen molar-refractivity contribution in [1.82, 2.24) is 4.98 Å². The van der Waals surface area contributed by atoms with Gasteiger partial charge in [-0.25, -0.2) is 4.98 Å². The maximum absolute atomic E-state index is 4.25. The normalized spacial score (nSPS) is 10.9. The summed E-state index contributed by atoms with van der Waals surface area (Å²) in [6.45, 7) is 3.66. The number of aromatic nitrogens is 1. The van der Waals surface area contributed by atoms with Crippen molar-refractivity contribution in [1.29, 1.82) is 0 Å². The lowest BCUT2D eigenvalue weighted by molar-refractivity contribution is 1.41. The van der Waals surface area contributed by atoms with E-state index < -0.39 is 0 Å². The number of hydrogen-bond acceptors (Lipinski definition) is 2. The summed E-state index contributed by atoms with van der Waals surface area (Å²) >= 11 is 1.65. The van der Waals surface area contributed by atoms with Gasteiger partial charge in [0.05, 0.1) is 0 Å². The van der Waals surface area contributed by atoms with Crippen molar-refractivity contribution in [3.63, 3.8) is 0 Å². The Balaban J connectivity index is 2.31. The van der Waals surface area contributed by atoms with Crippen LogP contribution in [0.5, 0.6) is 0 Å². The zero-order chi connectivity index (χ0) is 9.80. The highest BCUT2D eigenvalue weighted by atomic mass is 32.1. The van der Waals surface area contributed by atoms with E-state index in [4.69, 9.17) is 0 Å². The molecule has 1 aromatic carbocycles. The van der Waals surface area contributed by atoms with Gasteiger partial charge in [-0.05, 0) is 12.5 Å². The third-order valence-electron chi connectivity index (χ3n) is 1.90. The topological polar surface area (TPSA) is 12.9 Å². The van der Waals surface area contributed by atoms with E-state index in [0.29, 0.717) is 0 Å². The number of rotatable bonds is 2. The van der Waals surface area contributed by atoms with Gasteiger partial charge in [0.1, 0.15) is 5.01 Å². The number of hydrogen-bond donors (Lipinski definition) is 0. The number of nitrogens with zero attached hydrogens (tertiary/aromatic N) is 1. The highest BCUT2D eigenvalue weighted by Gasteiger charge is 1.98. The van der Waals surface area contributed by atoms with E-state index in [1.54, 1.807) is 17.4 Å². The first kappa shape index (κ1) is 9.16. The molecule has 0 atom stereocenters. The third kappa shape index (κ3) is 1.91. The molecule has 2 heteroatoms. The van der Waals surface area contributed by atoms with Gasteiger partial charge in [0.2, 0.25) is 0 Å². The van der Waals surface area contributed by atoms with E-state index in [0.717, 1.165) is 5.01 Å². The van der Waals surface area contributed by atoms with Crippen LogP contribution in [-0.2, 0) is 0 Å². The van der Waals surface area contributed by atoms with Gasteiger partial charge in [0, 0.05) is 17.1 Å². The van der Waals surface area contributed by atoms with Gasteiger partial charge in [-0.15, -0.1) is 11.3 Å². The molecular weight excluding hydrogens is 190 g/mol. The van der Waals surface area contributed by atoms with Crippen molar-refractivity contribution in [2.75, 3.05) is 0 Å². The summed E-state index contributed by atoms with van der Waals surface area (Å²) in [6, 6.07) is 8.29. The SMILES string of the molecule is [CH2]/C=C/c1ccc(-c2nccs2)cc1. The fraction of sp³-hybridized carbons (Fsp3) is 0. The standard InChI is InChI=1S/C12H10NS/c1-2-3-10-4-6-11(7-5-10)12-13-8-9-14-12/h2-9H,1H2/b3-2+. The predicted octanol–water partition coefficient (Wildman–Crippen LogP) is 3.66. The second-order valence-corrected chi connectivity index (χ2v) is 3.76. The highest BCUT2D eigenvalue weighted by molar-refractivity contribution is 7.13. The minimum atomic E-state index is 1.06. The minimum Gasteiger partial charge on any atom is -0.245 e. The number of benzene rings is 1. The van der Waals surface area contributed by atoms with E-state index in [1.807, 2.05) is 17.7 Å².